The molecule has 2 atom stereocenters. The molecule has 0 bridgehead atoms. The summed E-state index contributed by atoms with van der Waals surface area (Å²) in [5.74, 6) is 0.376. The predicted molar refractivity (Wildman–Crippen MR) is 70.7 cm³/mol. The molecule has 0 aromatic rings. The molecular weight excluding hydrogens is 214 g/mol. The maximum Gasteiger partial charge on any atom is 0.215 e. The van der Waals surface area contributed by atoms with Gasteiger partial charge < -0.3 is 0 Å². The molecular formula is C14H27NO2. The smallest absolute Gasteiger partial charge is 0.215 e. The fourth-order valence-electron chi connectivity index (χ4n) is 3.00. The summed E-state index contributed by atoms with van der Waals surface area (Å²) < 4.78 is 0. The van der Waals surface area contributed by atoms with E-state index in [0.717, 1.165) is 25.7 Å². The van der Waals surface area contributed by atoms with Crippen molar-refractivity contribution < 1.29 is 4.92 Å². The van der Waals surface area contributed by atoms with Crippen LogP contribution in [0, 0.1) is 16.0 Å². The van der Waals surface area contributed by atoms with Crippen molar-refractivity contribution in [1.29, 1.82) is 0 Å². The molecule has 1 fully saturated rings. The lowest BCUT2D eigenvalue weighted by atomic mass is 9.96. The molecule has 0 radical (unpaired) electrons. The number of nitrogens with zero attached hydrogens (tertiary/aromatic N) is 1. The standard InChI is InChI=1S/C14H27NO2/c1-2-3-4-5-6-7-8-10-13-11-9-12-14(13)15(16)17/h13-14H,2-12H2,1H3. The van der Waals surface area contributed by atoms with E-state index in [-0.39, 0.29) is 11.0 Å². The molecule has 0 spiro atoms. The van der Waals surface area contributed by atoms with Crippen LogP contribution >= 0.6 is 0 Å². The summed E-state index contributed by atoms with van der Waals surface area (Å²) >= 11 is 0. The fourth-order valence-corrected chi connectivity index (χ4v) is 3.00. The molecule has 2 unspecified atom stereocenters. The average Bonchev–Trinajstić information content (AvgIpc) is 2.76. The van der Waals surface area contributed by atoms with Crippen molar-refractivity contribution in [3.05, 3.63) is 10.1 Å². The van der Waals surface area contributed by atoms with Gasteiger partial charge in [-0.1, -0.05) is 51.9 Å². The Morgan fingerprint density at radius 2 is 1.71 bits per heavy atom. The number of nitro groups is 1. The molecule has 1 aliphatic carbocycles. The molecule has 17 heavy (non-hydrogen) atoms. The van der Waals surface area contributed by atoms with Crippen LogP contribution in [-0.2, 0) is 0 Å². The maximum absolute atomic E-state index is 10.8. The molecule has 0 aromatic heterocycles. The Bertz CT molecular complexity index is 218. The lowest BCUT2D eigenvalue weighted by Gasteiger charge is -2.12. The Balaban J connectivity index is 2.00. The Morgan fingerprint density at radius 1 is 1.06 bits per heavy atom. The highest BCUT2D eigenvalue weighted by atomic mass is 16.6. The third-order valence-electron chi connectivity index (χ3n) is 4.07. The van der Waals surface area contributed by atoms with Crippen molar-refractivity contribution in [3.8, 4) is 0 Å². The van der Waals surface area contributed by atoms with Crippen molar-refractivity contribution in [2.45, 2.75) is 83.6 Å². The second kappa shape index (κ2) is 8.48. The molecule has 0 N–H and O–H groups in total. The SMILES string of the molecule is CCCCCCCCCC1CCCC1[N+](=O)[O-]. The summed E-state index contributed by atoms with van der Waals surface area (Å²) in [5.41, 5.74) is 0. The molecule has 0 heterocycles. The van der Waals surface area contributed by atoms with Crippen LogP contribution in [-0.4, -0.2) is 11.0 Å². The van der Waals surface area contributed by atoms with Gasteiger partial charge in [0.1, 0.15) is 0 Å². The van der Waals surface area contributed by atoms with Crippen LogP contribution in [0.5, 0.6) is 0 Å². The zero-order valence-corrected chi connectivity index (χ0v) is 11.2. The normalized spacial score (nSPS) is 24.1. The summed E-state index contributed by atoms with van der Waals surface area (Å²) in [6, 6.07) is -0.227. The van der Waals surface area contributed by atoms with Gasteiger partial charge in [0.15, 0.2) is 0 Å². The van der Waals surface area contributed by atoms with E-state index >= 15 is 0 Å². The van der Waals surface area contributed by atoms with Gasteiger partial charge in [0.25, 0.3) is 0 Å². The number of hydrogen-bond donors (Lipinski definition) is 0. The second-order valence-corrected chi connectivity index (χ2v) is 5.45. The first-order valence-corrected chi connectivity index (χ1v) is 7.39. The van der Waals surface area contributed by atoms with Gasteiger partial charge in [0.2, 0.25) is 6.04 Å². The van der Waals surface area contributed by atoms with Gasteiger partial charge in [-0.15, -0.1) is 0 Å². The highest BCUT2D eigenvalue weighted by Gasteiger charge is 2.35. The number of hydrogen-bond acceptors (Lipinski definition) is 2. The zero-order chi connectivity index (χ0) is 12.5. The van der Waals surface area contributed by atoms with E-state index in [1.165, 1.54) is 44.9 Å². The number of rotatable bonds is 9. The van der Waals surface area contributed by atoms with Crippen molar-refractivity contribution in [3.63, 3.8) is 0 Å². The Labute approximate surface area is 105 Å². The Morgan fingerprint density at radius 3 is 2.35 bits per heavy atom. The second-order valence-electron chi connectivity index (χ2n) is 5.45. The van der Waals surface area contributed by atoms with Gasteiger partial charge in [-0.25, -0.2) is 0 Å². The van der Waals surface area contributed by atoms with Crippen LogP contribution in [0.1, 0.15) is 77.6 Å². The minimum atomic E-state index is -0.227. The Hall–Kier alpha value is -0.600. The highest BCUT2D eigenvalue weighted by Crippen LogP contribution is 2.31. The maximum atomic E-state index is 10.8. The zero-order valence-electron chi connectivity index (χ0n) is 11.2. The highest BCUT2D eigenvalue weighted by molar-refractivity contribution is 4.77. The molecule has 100 valence electrons. The van der Waals surface area contributed by atoms with Gasteiger partial charge in [0.05, 0.1) is 0 Å². The van der Waals surface area contributed by atoms with E-state index in [0.29, 0.717) is 5.92 Å². The molecule has 1 aliphatic rings. The first-order chi connectivity index (χ1) is 8.25. The van der Waals surface area contributed by atoms with Gasteiger partial charge in [0, 0.05) is 17.3 Å². The van der Waals surface area contributed by atoms with Gasteiger partial charge in [-0.05, 0) is 19.3 Å². The fraction of sp³-hybridized carbons (Fsp3) is 1.00. The minimum Gasteiger partial charge on any atom is -0.264 e. The largest absolute Gasteiger partial charge is 0.264 e. The molecule has 3 nitrogen and oxygen atoms in total. The quantitative estimate of drug-likeness (QED) is 0.337. The monoisotopic (exact) mass is 241 g/mol. The molecule has 0 amide bonds. The topological polar surface area (TPSA) is 43.1 Å². The van der Waals surface area contributed by atoms with E-state index < -0.39 is 0 Å². The van der Waals surface area contributed by atoms with Gasteiger partial charge in [-0.2, -0.15) is 0 Å². The molecule has 0 saturated heterocycles. The lowest BCUT2D eigenvalue weighted by Crippen LogP contribution is -2.23. The Kier molecular flexibility index (Phi) is 7.22. The van der Waals surface area contributed by atoms with E-state index in [4.69, 9.17) is 0 Å². The summed E-state index contributed by atoms with van der Waals surface area (Å²) in [7, 11) is 0. The van der Waals surface area contributed by atoms with Gasteiger partial charge in [-0.3, -0.25) is 10.1 Å². The van der Waals surface area contributed by atoms with E-state index in [2.05, 4.69) is 6.92 Å². The van der Waals surface area contributed by atoms with E-state index in [9.17, 15) is 10.1 Å². The van der Waals surface area contributed by atoms with Crippen LogP contribution in [0.25, 0.3) is 0 Å². The van der Waals surface area contributed by atoms with Gasteiger partial charge >= 0.3 is 0 Å². The first-order valence-electron chi connectivity index (χ1n) is 7.39. The molecule has 3 heteroatoms. The summed E-state index contributed by atoms with van der Waals surface area (Å²) in [4.78, 5) is 10.8. The van der Waals surface area contributed by atoms with E-state index in [1.54, 1.807) is 0 Å². The van der Waals surface area contributed by atoms with Crippen molar-refractivity contribution in [2.75, 3.05) is 0 Å². The molecule has 0 aliphatic heterocycles. The third-order valence-corrected chi connectivity index (χ3v) is 4.07. The predicted octanol–water partition coefficient (Wildman–Crippen LogP) is 4.57. The average molecular weight is 241 g/mol. The molecule has 1 rings (SSSR count). The van der Waals surface area contributed by atoms with Crippen LogP contribution in [0.4, 0.5) is 0 Å². The van der Waals surface area contributed by atoms with Crippen molar-refractivity contribution >= 4 is 0 Å². The van der Waals surface area contributed by atoms with Crippen LogP contribution in [0.15, 0.2) is 0 Å². The van der Waals surface area contributed by atoms with Crippen LogP contribution < -0.4 is 0 Å². The van der Waals surface area contributed by atoms with Crippen molar-refractivity contribution in [2.24, 2.45) is 5.92 Å². The van der Waals surface area contributed by atoms with Crippen molar-refractivity contribution in [1.82, 2.24) is 0 Å². The third kappa shape index (κ3) is 5.51. The number of unbranched alkanes of at least 4 members (excludes halogenated alkanes) is 6. The molecule has 0 aromatic carbocycles. The lowest BCUT2D eigenvalue weighted by molar-refractivity contribution is -0.528. The van der Waals surface area contributed by atoms with Crippen LogP contribution in [0.2, 0.25) is 0 Å². The van der Waals surface area contributed by atoms with E-state index in [1.807, 2.05) is 0 Å². The first kappa shape index (κ1) is 14.5. The van der Waals surface area contributed by atoms with Crippen LogP contribution in [0.3, 0.4) is 0 Å². The summed E-state index contributed by atoms with van der Waals surface area (Å²) in [6.45, 7) is 2.23. The summed E-state index contributed by atoms with van der Waals surface area (Å²) in [6.07, 6.45) is 13.2. The summed E-state index contributed by atoms with van der Waals surface area (Å²) in [5, 5.41) is 10.8. The molecule has 1 saturated carbocycles. The minimum absolute atomic E-state index is 0.0427.